The minimum Gasteiger partial charge on any atom is -0.343 e. The largest absolute Gasteiger partial charge is 0.343 e. The van der Waals surface area contributed by atoms with Crippen LogP contribution in [0.25, 0.3) is 10.8 Å². The molecule has 0 fully saturated rings. The Bertz CT molecular complexity index is 980. The number of nitrogens with zero attached hydrogens (tertiary/aromatic N) is 1. The van der Waals surface area contributed by atoms with Crippen LogP contribution in [0.15, 0.2) is 71.8 Å². The summed E-state index contributed by atoms with van der Waals surface area (Å²) in [6.07, 6.45) is 1.58. The molecule has 0 saturated carbocycles. The van der Waals surface area contributed by atoms with Crippen molar-refractivity contribution in [1.82, 2.24) is 10.7 Å². The Balaban J connectivity index is 1.56. The van der Waals surface area contributed by atoms with Gasteiger partial charge in [-0.05, 0) is 22.9 Å². The fourth-order valence-electron chi connectivity index (χ4n) is 2.48. The predicted octanol–water partition coefficient (Wildman–Crippen LogP) is 3.37. The first-order chi connectivity index (χ1) is 12.6. The van der Waals surface area contributed by atoms with Crippen molar-refractivity contribution in [2.45, 2.75) is 0 Å². The molecule has 0 atom stereocenters. The number of rotatable bonds is 5. The summed E-state index contributed by atoms with van der Waals surface area (Å²) in [7, 11) is 0. The molecule has 0 saturated heterocycles. The standard InChI is InChI=1S/C20H16ClN3O2/c21-18-11-4-3-10-17(18)20(26)22-13-19(25)24-23-12-15-8-5-7-14-6-1-2-9-16(14)15/h1-12H,13H2,(H,22,26)(H,24,25)/b23-12-. The van der Waals surface area contributed by atoms with E-state index in [-0.39, 0.29) is 6.54 Å². The average molecular weight is 366 g/mol. The van der Waals surface area contributed by atoms with E-state index in [4.69, 9.17) is 11.6 Å². The van der Waals surface area contributed by atoms with E-state index in [1.54, 1.807) is 30.5 Å². The van der Waals surface area contributed by atoms with E-state index in [9.17, 15) is 9.59 Å². The second kappa shape index (κ2) is 8.27. The summed E-state index contributed by atoms with van der Waals surface area (Å²) in [6, 6.07) is 20.4. The number of amides is 2. The van der Waals surface area contributed by atoms with Crippen LogP contribution >= 0.6 is 11.6 Å². The van der Waals surface area contributed by atoms with Crippen molar-refractivity contribution in [2.24, 2.45) is 5.10 Å². The normalized spacial score (nSPS) is 10.8. The first-order valence-electron chi connectivity index (χ1n) is 7.97. The lowest BCUT2D eigenvalue weighted by atomic mass is 10.1. The van der Waals surface area contributed by atoms with Gasteiger partial charge in [0.1, 0.15) is 0 Å². The predicted molar refractivity (Wildman–Crippen MR) is 103 cm³/mol. The Morgan fingerprint density at radius 2 is 1.69 bits per heavy atom. The van der Waals surface area contributed by atoms with Crippen LogP contribution in [0.3, 0.4) is 0 Å². The molecule has 0 aliphatic heterocycles. The molecule has 5 nitrogen and oxygen atoms in total. The summed E-state index contributed by atoms with van der Waals surface area (Å²) >= 11 is 5.95. The number of benzene rings is 3. The molecule has 2 amide bonds. The average Bonchev–Trinajstić information content (AvgIpc) is 2.66. The lowest BCUT2D eigenvalue weighted by molar-refractivity contribution is -0.120. The van der Waals surface area contributed by atoms with E-state index in [0.717, 1.165) is 16.3 Å². The molecule has 130 valence electrons. The molecule has 0 unspecified atom stereocenters. The summed E-state index contributed by atoms with van der Waals surface area (Å²) in [5.41, 5.74) is 3.61. The molecule has 6 heteroatoms. The van der Waals surface area contributed by atoms with Crippen LogP contribution < -0.4 is 10.7 Å². The number of carbonyl (C=O) groups is 2. The van der Waals surface area contributed by atoms with E-state index in [2.05, 4.69) is 15.8 Å². The zero-order valence-corrected chi connectivity index (χ0v) is 14.5. The van der Waals surface area contributed by atoms with Crippen molar-refractivity contribution in [1.29, 1.82) is 0 Å². The van der Waals surface area contributed by atoms with Gasteiger partial charge in [0, 0.05) is 5.56 Å². The van der Waals surface area contributed by atoms with Crippen molar-refractivity contribution in [2.75, 3.05) is 6.54 Å². The Hall–Kier alpha value is -3.18. The number of nitrogens with one attached hydrogen (secondary N) is 2. The fourth-order valence-corrected chi connectivity index (χ4v) is 2.70. The third-order valence-corrected chi connectivity index (χ3v) is 4.07. The molecule has 0 aromatic heterocycles. The van der Waals surface area contributed by atoms with Gasteiger partial charge in [0.05, 0.1) is 23.3 Å². The minimum atomic E-state index is -0.429. The molecular weight excluding hydrogens is 350 g/mol. The number of hydrazone groups is 1. The molecule has 0 bridgehead atoms. The van der Waals surface area contributed by atoms with Crippen molar-refractivity contribution in [3.8, 4) is 0 Å². The summed E-state index contributed by atoms with van der Waals surface area (Å²) < 4.78 is 0. The smallest absolute Gasteiger partial charge is 0.259 e. The van der Waals surface area contributed by atoms with Crippen LogP contribution in [0.4, 0.5) is 0 Å². The molecule has 0 heterocycles. The molecule has 26 heavy (non-hydrogen) atoms. The van der Waals surface area contributed by atoms with E-state index >= 15 is 0 Å². The molecule has 3 aromatic rings. The highest BCUT2D eigenvalue weighted by Crippen LogP contribution is 2.16. The first-order valence-corrected chi connectivity index (χ1v) is 8.35. The summed E-state index contributed by atoms with van der Waals surface area (Å²) in [6.45, 7) is -0.197. The maximum absolute atomic E-state index is 12.0. The zero-order valence-electron chi connectivity index (χ0n) is 13.8. The van der Waals surface area contributed by atoms with Crippen LogP contribution in [-0.4, -0.2) is 24.6 Å². The van der Waals surface area contributed by atoms with Gasteiger partial charge in [-0.1, -0.05) is 66.2 Å². The second-order valence-electron chi connectivity index (χ2n) is 5.52. The van der Waals surface area contributed by atoms with Gasteiger partial charge in [-0.25, -0.2) is 5.43 Å². The Morgan fingerprint density at radius 1 is 0.962 bits per heavy atom. The molecule has 0 aliphatic carbocycles. The van der Waals surface area contributed by atoms with E-state index in [1.165, 1.54) is 0 Å². The summed E-state index contributed by atoms with van der Waals surface area (Å²) in [5, 5.41) is 8.93. The molecule has 0 aliphatic rings. The molecule has 3 aromatic carbocycles. The third-order valence-electron chi connectivity index (χ3n) is 3.74. The van der Waals surface area contributed by atoms with Crippen LogP contribution in [0.5, 0.6) is 0 Å². The van der Waals surface area contributed by atoms with Gasteiger partial charge < -0.3 is 5.32 Å². The number of halogens is 1. The van der Waals surface area contributed by atoms with E-state index in [1.807, 2.05) is 42.5 Å². The fraction of sp³-hybridized carbons (Fsp3) is 0.0500. The minimum absolute atomic E-state index is 0.197. The highest BCUT2D eigenvalue weighted by molar-refractivity contribution is 6.33. The van der Waals surface area contributed by atoms with Crippen molar-refractivity contribution < 1.29 is 9.59 Å². The maximum atomic E-state index is 12.0. The summed E-state index contributed by atoms with van der Waals surface area (Å²) in [4.78, 5) is 23.8. The quantitative estimate of drug-likeness (QED) is 0.537. The van der Waals surface area contributed by atoms with Crippen LogP contribution in [0, 0.1) is 0 Å². The van der Waals surface area contributed by atoms with Gasteiger partial charge in [-0.15, -0.1) is 0 Å². The first kappa shape index (κ1) is 17.6. The van der Waals surface area contributed by atoms with E-state index < -0.39 is 11.8 Å². The van der Waals surface area contributed by atoms with Crippen LogP contribution in [0.2, 0.25) is 5.02 Å². The lowest BCUT2D eigenvalue weighted by Crippen LogP contribution is -2.35. The number of fused-ring (bicyclic) bond motifs is 1. The highest BCUT2D eigenvalue weighted by atomic mass is 35.5. The zero-order chi connectivity index (χ0) is 18.4. The monoisotopic (exact) mass is 365 g/mol. The molecule has 3 rings (SSSR count). The topological polar surface area (TPSA) is 70.6 Å². The van der Waals surface area contributed by atoms with Gasteiger partial charge in [-0.2, -0.15) is 5.10 Å². The highest BCUT2D eigenvalue weighted by Gasteiger charge is 2.10. The molecular formula is C20H16ClN3O2. The molecule has 2 N–H and O–H groups in total. The SMILES string of the molecule is O=C(CNC(=O)c1ccccc1Cl)N/N=C\c1cccc2ccccc12. The Labute approximate surface area is 155 Å². The molecule has 0 radical (unpaired) electrons. The molecule has 0 spiro atoms. The second-order valence-corrected chi connectivity index (χ2v) is 5.93. The third kappa shape index (κ3) is 4.26. The Kier molecular flexibility index (Phi) is 5.61. The Morgan fingerprint density at radius 3 is 2.54 bits per heavy atom. The number of hydrogen-bond donors (Lipinski definition) is 2. The maximum Gasteiger partial charge on any atom is 0.259 e. The van der Waals surface area contributed by atoms with Gasteiger partial charge >= 0.3 is 0 Å². The van der Waals surface area contributed by atoms with Crippen molar-refractivity contribution in [3.05, 3.63) is 82.9 Å². The van der Waals surface area contributed by atoms with Gasteiger partial charge in [0.15, 0.2) is 0 Å². The van der Waals surface area contributed by atoms with Crippen LogP contribution in [0.1, 0.15) is 15.9 Å². The van der Waals surface area contributed by atoms with Gasteiger partial charge in [0.25, 0.3) is 11.8 Å². The lowest BCUT2D eigenvalue weighted by Gasteiger charge is -2.05. The van der Waals surface area contributed by atoms with E-state index in [0.29, 0.717) is 10.6 Å². The van der Waals surface area contributed by atoms with Crippen molar-refractivity contribution >= 4 is 40.4 Å². The van der Waals surface area contributed by atoms with Gasteiger partial charge in [-0.3, -0.25) is 9.59 Å². The van der Waals surface area contributed by atoms with Crippen LogP contribution in [-0.2, 0) is 4.79 Å². The van der Waals surface area contributed by atoms with Gasteiger partial charge in [0.2, 0.25) is 0 Å². The number of carbonyl (C=O) groups excluding carboxylic acids is 2. The van der Waals surface area contributed by atoms with Crippen molar-refractivity contribution in [3.63, 3.8) is 0 Å². The number of hydrogen-bond acceptors (Lipinski definition) is 3. The summed E-state index contributed by atoms with van der Waals surface area (Å²) in [5.74, 6) is -0.842.